The standard InChI is InChI=1S/C18H17NO4/c1-9(20)15-13-12-8-22-18(23-12)17(21)14(13)16-11-5-3-2-4-10(11)6-7-19(15)16/h2-7,12-16,18H,8H2,1H3/p+1/t12-,13-,14-,15+,16+,18-/m0/s1. The molecular weight excluding hydrogens is 294 g/mol. The predicted molar refractivity (Wildman–Crippen MR) is 80.2 cm³/mol. The van der Waals surface area contributed by atoms with Crippen LogP contribution < -0.4 is 4.90 Å². The van der Waals surface area contributed by atoms with Gasteiger partial charge in [-0.3, -0.25) is 14.5 Å². The molecule has 4 aliphatic heterocycles. The largest absolute Gasteiger partial charge is 0.343 e. The Bertz CT molecular complexity index is 742. The summed E-state index contributed by atoms with van der Waals surface area (Å²) >= 11 is 0. The van der Waals surface area contributed by atoms with Gasteiger partial charge in [0.2, 0.25) is 6.29 Å². The molecule has 23 heavy (non-hydrogen) atoms. The number of benzene rings is 1. The Labute approximate surface area is 133 Å². The average molecular weight is 312 g/mol. The molecule has 4 heterocycles. The molecule has 2 bridgehead atoms. The number of ketones is 2. The summed E-state index contributed by atoms with van der Waals surface area (Å²) in [6.07, 6.45) is 3.22. The fourth-order valence-corrected chi connectivity index (χ4v) is 5.00. The lowest BCUT2D eigenvalue weighted by Gasteiger charge is -2.30. The van der Waals surface area contributed by atoms with Crippen LogP contribution in [-0.4, -0.2) is 36.6 Å². The highest BCUT2D eigenvalue weighted by atomic mass is 16.7. The lowest BCUT2D eigenvalue weighted by atomic mass is 9.76. The maximum Gasteiger partial charge on any atom is 0.218 e. The third kappa shape index (κ3) is 1.67. The smallest absolute Gasteiger partial charge is 0.218 e. The molecule has 0 aromatic heterocycles. The minimum Gasteiger partial charge on any atom is -0.343 e. The second-order valence-corrected chi connectivity index (χ2v) is 6.87. The molecule has 5 rings (SSSR count). The van der Waals surface area contributed by atoms with E-state index >= 15 is 0 Å². The molecule has 0 saturated carbocycles. The van der Waals surface area contributed by atoms with Crippen LogP contribution in [0.3, 0.4) is 0 Å². The molecule has 1 unspecified atom stereocenters. The van der Waals surface area contributed by atoms with Crippen molar-refractivity contribution in [2.75, 3.05) is 6.61 Å². The van der Waals surface area contributed by atoms with Gasteiger partial charge in [-0.1, -0.05) is 24.3 Å². The Kier molecular flexibility index (Phi) is 2.72. The van der Waals surface area contributed by atoms with Gasteiger partial charge in [0.15, 0.2) is 17.6 Å². The van der Waals surface area contributed by atoms with Crippen molar-refractivity contribution in [3.63, 3.8) is 0 Å². The molecule has 1 N–H and O–H groups in total. The molecule has 5 heteroatoms. The number of quaternary nitrogens is 1. The Morgan fingerprint density at radius 2 is 2.13 bits per heavy atom. The van der Waals surface area contributed by atoms with E-state index in [1.807, 2.05) is 12.1 Å². The van der Waals surface area contributed by atoms with Crippen LogP contribution in [0.5, 0.6) is 0 Å². The van der Waals surface area contributed by atoms with E-state index in [2.05, 4.69) is 24.4 Å². The highest BCUT2D eigenvalue weighted by Crippen LogP contribution is 2.46. The molecule has 7 atom stereocenters. The fraction of sp³-hybridized carbons (Fsp3) is 0.444. The molecule has 0 amide bonds. The van der Waals surface area contributed by atoms with E-state index in [1.54, 1.807) is 6.92 Å². The van der Waals surface area contributed by atoms with Crippen LogP contribution in [0.4, 0.5) is 0 Å². The maximum absolute atomic E-state index is 12.9. The summed E-state index contributed by atoms with van der Waals surface area (Å²) in [6, 6.07) is 7.88. The second kappa shape index (κ2) is 4.60. The Hall–Kier alpha value is -1.82. The van der Waals surface area contributed by atoms with Gasteiger partial charge in [-0.2, -0.15) is 0 Å². The Balaban J connectivity index is 1.70. The first-order chi connectivity index (χ1) is 11.2. The number of rotatable bonds is 1. The Morgan fingerprint density at radius 3 is 2.96 bits per heavy atom. The van der Waals surface area contributed by atoms with Gasteiger partial charge in [-0.05, 0) is 11.6 Å². The molecule has 3 fully saturated rings. The molecule has 1 aromatic carbocycles. The lowest BCUT2D eigenvalue weighted by molar-refractivity contribution is -0.885. The van der Waals surface area contributed by atoms with Crippen molar-refractivity contribution in [1.82, 2.24) is 0 Å². The number of carbonyl (C=O) groups is 2. The van der Waals surface area contributed by atoms with Gasteiger partial charge < -0.3 is 9.47 Å². The monoisotopic (exact) mass is 312 g/mol. The highest BCUT2D eigenvalue weighted by Gasteiger charge is 2.66. The van der Waals surface area contributed by atoms with Crippen LogP contribution in [0.25, 0.3) is 6.08 Å². The van der Waals surface area contributed by atoms with E-state index < -0.39 is 6.29 Å². The van der Waals surface area contributed by atoms with Crippen molar-refractivity contribution in [2.45, 2.75) is 31.4 Å². The van der Waals surface area contributed by atoms with Crippen molar-refractivity contribution >= 4 is 17.6 Å². The van der Waals surface area contributed by atoms with Gasteiger partial charge in [-0.15, -0.1) is 0 Å². The molecule has 0 aliphatic carbocycles. The number of carbonyl (C=O) groups excluding carboxylic acids is 2. The van der Waals surface area contributed by atoms with Crippen molar-refractivity contribution in [1.29, 1.82) is 0 Å². The number of nitrogens with one attached hydrogen (secondary N) is 1. The number of hydrogen-bond acceptors (Lipinski definition) is 4. The van der Waals surface area contributed by atoms with Gasteiger partial charge in [-0.25, -0.2) is 0 Å². The molecule has 0 spiro atoms. The lowest BCUT2D eigenvalue weighted by Crippen LogP contribution is -3.11. The summed E-state index contributed by atoms with van der Waals surface area (Å²) in [5.41, 5.74) is 2.29. The molecule has 1 aromatic rings. The summed E-state index contributed by atoms with van der Waals surface area (Å²) in [4.78, 5) is 26.4. The zero-order valence-electron chi connectivity index (χ0n) is 12.8. The van der Waals surface area contributed by atoms with Crippen molar-refractivity contribution in [3.05, 3.63) is 41.6 Å². The van der Waals surface area contributed by atoms with Crippen LogP contribution in [0.1, 0.15) is 24.1 Å². The zero-order chi connectivity index (χ0) is 15.7. The number of ether oxygens (including phenoxy) is 2. The van der Waals surface area contributed by atoms with Crippen molar-refractivity contribution in [3.8, 4) is 0 Å². The van der Waals surface area contributed by atoms with Crippen molar-refractivity contribution in [2.24, 2.45) is 11.8 Å². The summed E-state index contributed by atoms with van der Waals surface area (Å²) < 4.78 is 11.2. The SMILES string of the molecule is CC(=O)[C@@H]1[C@@H]2[C@H](C(=O)[C@H]3OC[C@@H]2O3)[C@H]2c3ccccc3C=C[NH+]12. The van der Waals surface area contributed by atoms with E-state index in [1.165, 1.54) is 0 Å². The van der Waals surface area contributed by atoms with Gasteiger partial charge in [0.1, 0.15) is 6.04 Å². The molecule has 4 aliphatic rings. The van der Waals surface area contributed by atoms with Crippen LogP contribution in [0.15, 0.2) is 30.5 Å². The first-order valence-corrected chi connectivity index (χ1v) is 8.12. The highest BCUT2D eigenvalue weighted by molar-refractivity contribution is 5.90. The van der Waals surface area contributed by atoms with Crippen molar-refractivity contribution < 1.29 is 24.0 Å². The van der Waals surface area contributed by atoms with Crippen LogP contribution in [-0.2, 0) is 19.1 Å². The molecule has 5 nitrogen and oxygen atoms in total. The summed E-state index contributed by atoms with van der Waals surface area (Å²) in [5, 5.41) is 0. The van der Waals surface area contributed by atoms with E-state index in [-0.39, 0.29) is 41.6 Å². The normalized spacial score (nSPS) is 43.0. The van der Waals surface area contributed by atoms with E-state index in [0.29, 0.717) is 6.61 Å². The minimum atomic E-state index is -0.744. The number of hydrogen-bond donors (Lipinski definition) is 1. The van der Waals surface area contributed by atoms with E-state index in [4.69, 9.17) is 9.47 Å². The third-order valence-electron chi connectivity index (χ3n) is 5.80. The quantitative estimate of drug-likeness (QED) is 0.800. The molecular formula is C18H18NO4+. The second-order valence-electron chi connectivity index (χ2n) is 6.87. The molecule has 0 radical (unpaired) electrons. The van der Waals surface area contributed by atoms with Gasteiger partial charge in [0.05, 0.1) is 30.7 Å². The third-order valence-corrected chi connectivity index (χ3v) is 5.80. The van der Waals surface area contributed by atoms with E-state index in [0.717, 1.165) is 16.0 Å². The summed E-state index contributed by atoms with van der Waals surface area (Å²) in [7, 11) is 0. The first-order valence-electron chi connectivity index (χ1n) is 8.12. The van der Waals surface area contributed by atoms with Gasteiger partial charge >= 0.3 is 0 Å². The van der Waals surface area contributed by atoms with Gasteiger partial charge in [0.25, 0.3) is 0 Å². The fourth-order valence-electron chi connectivity index (χ4n) is 5.00. The topological polar surface area (TPSA) is 57.0 Å². The minimum absolute atomic E-state index is 0.0000954. The Morgan fingerprint density at radius 1 is 1.30 bits per heavy atom. The maximum atomic E-state index is 12.9. The van der Waals surface area contributed by atoms with E-state index in [9.17, 15) is 9.59 Å². The van der Waals surface area contributed by atoms with Crippen LogP contribution >= 0.6 is 0 Å². The average Bonchev–Trinajstić information content (AvgIpc) is 3.13. The zero-order valence-corrected chi connectivity index (χ0v) is 12.8. The predicted octanol–water partition coefficient (Wildman–Crippen LogP) is 0.125. The summed E-state index contributed by atoms with van der Waals surface area (Å²) in [5.74, 6) is -0.200. The first kappa shape index (κ1) is 13.6. The van der Waals surface area contributed by atoms with Gasteiger partial charge in [0, 0.05) is 12.5 Å². The number of Topliss-reactive ketones (excluding diaryl/α,β-unsaturated/α-hetero) is 2. The number of fused-ring (bicyclic) bond motifs is 8. The molecule has 3 saturated heterocycles. The summed E-state index contributed by atoms with van der Waals surface area (Å²) in [6.45, 7) is 2.03. The van der Waals surface area contributed by atoms with Crippen LogP contribution in [0.2, 0.25) is 0 Å². The molecule has 118 valence electrons. The van der Waals surface area contributed by atoms with Crippen LogP contribution in [0, 0.1) is 11.8 Å².